The van der Waals surface area contributed by atoms with Crippen LogP contribution in [0.4, 0.5) is 0 Å². The van der Waals surface area contributed by atoms with Crippen LogP contribution in [0.1, 0.15) is 36.7 Å². The maximum atomic E-state index is 6.04. The Morgan fingerprint density at radius 1 is 1.56 bits per heavy atom. The van der Waals surface area contributed by atoms with E-state index in [1.54, 1.807) is 22.6 Å². The van der Waals surface area contributed by atoms with Gasteiger partial charge in [0.25, 0.3) is 0 Å². The topological polar surface area (TPSA) is 82.8 Å². The molecule has 0 saturated carbocycles. The Labute approximate surface area is 110 Å². The van der Waals surface area contributed by atoms with Gasteiger partial charge in [0.05, 0.1) is 11.9 Å². The molecule has 0 aliphatic carbocycles. The van der Waals surface area contributed by atoms with Crippen LogP contribution in [-0.4, -0.2) is 25.7 Å². The van der Waals surface area contributed by atoms with Crippen molar-refractivity contribution in [1.29, 1.82) is 0 Å². The number of hydrogen-bond acceptors (Lipinski definition) is 6. The minimum absolute atomic E-state index is 0.406. The summed E-state index contributed by atoms with van der Waals surface area (Å²) in [5.74, 6) is 2.99. The highest BCUT2D eigenvalue weighted by Gasteiger charge is 2.18. The predicted molar refractivity (Wildman–Crippen MR) is 70.0 cm³/mol. The lowest BCUT2D eigenvalue weighted by atomic mass is 10.2. The second-order valence-corrected chi connectivity index (χ2v) is 5.13. The third-order valence-corrected chi connectivity index (χ3v) is 3.57. The van der Waals surface area contributed by atoms with Gasteiger partial charge in [-0.25, -0.2) is 0 Å². The molecule has 0 bridgehead atoms. The van der Waals surface area contributed by atoms with Crippen LogP contribution in [0, 0.1) is 0 Å². The molecule has 1 atom stereocenters. The first-order chi connectivity index (χ1) is 8.70. The number of nitrogens with two attached hydrogens (primary N) is 1. The van der Waals surface area contributed by atoms with E-state index in [4.69, 9.17) is 10.3 Å². The van der Waals surface area contributed by atoms with Gasteiger partial charge in [0, 0.05) is 18.8 Å². The summed E-state index contributed by atoms with van der Waals surface area (Å²) >= 11 is 1.79. The van der Waals surface area contributed by atoms with Crippen LogP contribution in [-0.2, 0) is 12.8 Å². The summed E-state index contributed by atoms with van der Waals surface area (Å²) in [4.78, 5) is 4.31. The zero-order valence-corrected chi connectivity index (χ0v) is 11.4. The maximum Gasteiger partial charge on any atom is 0.248 e. The van der Waals surface area contributed by atoms with E-state index >= 15 is 0 Å². The quantitative estimate of drug-likeness (QED) is 0.798. The van der Waals surface area contributed by atoms with E-state index in [2.05, 4.69) is 22.2 Å². The lowest BCUT2D eigenvalue weighted by Crippen LogP contribution is -2.11. The van der Waals surface area contributed by atoms with Crippen molar-refractivity contribution < 1.29 is 4.52 Å². The molecular formula is C11H17N5OS. The smallest absolute Gasteiger partial charge is 0.248 e. The molecule has 0 fully saturated rings. The number of hydrogen-bond donors (Lipinski definition) is 1. The first kappa shape index (κ1) is 13.1. The first-order valence-electron chi connectivity index (χ1n) is 5.85. The van der Waals surface area contributed by atoms with Crippen molar-refractivity contribution in [2.45, 2.75) is 25.1 Å². The molecule has 6 nitrogen and oxygen atoms in total. The van der Waals surface area contributed by atoms with Crippen molar-refractivity contribution >= 4 is 11.8 Å². The van der Waals surface area contributed by atoms with Gasteiger partial charge in [-0.2, -0.15) is 21.8 Å². The molecule has 2 aromatic heterocycles. The average molecular weight is 267 g/mol. The van der Waals surface area contributed by atoms with Crippen molar-refractivity contribution in [3.05, 3.63) is 29.7 Å². The Morgan fingerprint density at radius 3 is 3.06 bits per heavy atom. The van der Waals surface area contributed by atoms with Gasteiger partial charge in [-0.05, 0) is 12.2 Å². The van der Waals surface area contributed by atoms with Crippen LogP contribution in [0.2, 0.25) is 0 Å². The van der Waals surface area contributed by atoms with Gasteiger partial charge < -0.3 is 10.3 Å². The van der Waals surface area contributed by atoms with E-state index in [0.29, 0.717) is 11.7 Å². The highest BCUT2D eigenvalue weighted by Crippen LogP contribution is 2.18. The summed E-state index contributed by atoms with van der Waals surface area (Å²) < 4.78 is 6.88. The minimum atomic E-state index is -0.406. The summed E-state index contributed by atoms with van der Waals surface area (Å²) in [6, 6.07) is -0.406. The maximum absolute atomic E-state index is 6.04. The van der Waals surface area contributed by atoms with Crippen molar-refractivity contribution in [3.8, 4) is 0 Å². The monoisotopic (exact) mass is 267 g/mol. The van der Waals surface area contributed by atoms with E-state index < -0.39 is 6.04 Å². The Kier molecular flexibility index (Phi) is 4.38. The Bertz CT molecular complexity index is 495. The molecule has 1 unspecified atom stereocenters. The summed E-state index contributed by atoms with van der Waals surface area (Å²) in [5, 5.41) is 8.00. The zero-order valence-electron chi connectivity index (χ0n) is 10.5. The van der Waals surface area contributed by atoms with Crippen LogP contribution in [0.25, 0.3) is 0 Å². The van der Waals surface area contributed by atoms with Gasteiger partial charge in [0.15, 0.2) is 5.82 Å². The van der Waals surface area contributed by atoms with Crippen LogP contribution in [0.3, 0.4) is 0 Å². The van der Waals surface area contributed by atoms with Gasteiger partial charge in [-0.1, -0.05) is 12.1 Å². The van der Waals surface area contributed by atoms with E-state index in [0.717, 1.165) is 23.5 Å². The van der Waals surface area contributed by atoms with Gasteiger partial charge in [-0.3, -0.25) is 4.68 Å². The highest BCUT2D eigenvalue weighted by molar-refractivity contribution is 7.98. The summed E-state index contributed by atoms with van der Waals surface area (Å²) in [6.45, 7) is 2.15. The first-order valence-corrected chi connectivity index (χ1v) is 7.00. The van der Waals surface area contributed by atoms with Crippen LogP contribution >= 0.6 is 11.8 Å². The molecule has 0 aromatic carbocycles. The zero-order chi connectivity index (χ0) is 13.0. The lowest BCUT2D eigenvalue weighted by molar-refractivity contribution is 0.363. The number of thioether (sulfide) groups is 1. The molecule has 0 amide bonds. The van der Waals surface area contributed by atoms with Gasteiger partial charge in [0.1, 0.15) is 6.04 Å². The minimum Gasteiger partial charge on any atom is -0.337 e. The summed E-state index contributed by atoms with van der Waals surface area (Å²) in [7, 11) is 1.84. The van der Waals surface area contributed by atoms with Crippen molar-refractivity contribution in [2.75, 3.05) is 5.75 Å². The third kappa shape index (κ3) is 3.11. The van der Waals surface area contributed by atoms with E-state index in [-0.39, 0.29) is 0 Å². The van der Waals surface area contributed by atoms with Crippen molar-refractivity contribution in [3.63, 3.8) is 0 Å². The lowest BCUT2D eigenvalue weighted by Gasteiger charge is -2.01. The van der Waals surface area contributed by atoms with Gasteiger partial charge in [-0.15, -0.1) is 0 Å². The summed E-state index contributed by atoms with van der Waals surface area (Å²) in [6.07, 6.45) is 4.70. The largest absolute Gasteiger partial charge is 0.337 e. The van der Waals surface area contributed by atoms with Crippen LogP contribution in [0.15, 0.2) is 16.9 Å². The molecule has 0 saturated heterocycles. The Hall–Kier alpha value is -1.34. The number of rotatable bonds is 6. The molecular weight excluding hydrogens is 250 g/mol. The number of aromatic nitrogens is 4. The van der Waals surface area contributed by atoms with Gasteiger partial charge >= 0.3 is 0 Å². The van der Waals surface area contributed by atoms with Crippen molar-refractivity contribution in [1.82, 2.24) is 19.9 Å². The molecule has 0 radical (unpaired) electrons. The van der Waals surface area contributed by atoms with Gasteiger partial charge in [0.2, 0.25) is 5.89 Å². The summed E-state index contributed by atoms with van der Waals surface area (Å²) in [5.41, 5.74) is 6.91. The van der Waals surface area contributed by atoms with E-state index in [1.165, 1.54) is 0 Å². The Morgan fingerprint density at radius 2 is 2.39 bits per heavy atom. The molecule has 7 heteroatoms. The number of nitrogens with zero attached hydrogens (tertiary/aromatic N) is 4. The molecule has 2 rings (SSSR count). The average Bonchev–Trinajstić information content (AvgIpc) is 2.98. The Balaban J connectivity index is 2.00. The van der Waals surface area contributed by atoms with Crippen molar-refractivity contribution in [2.24, 2.45) is 12.8 Å². The molecule has 0 aliphatic heterocycles. The van der Waals surface area contributed by atoms with E-state index in [9.17, 15) is 0 Å². The normalized spacial score (nSPS) is 12.8. The highest BCUT2D eigenvalue weighted by atomic mass is 32.2. The second-order valence-electron chi connectivity index (χ2n) is 4.03. The van der Waals surface area contributed by atoms with Crippen LogP contribution in [0.5, 0.6) is 0 Å². The second kappa shape index (κ2) is 6.01. The third-order valence-electron chi connectivity index (χ3n) is 2.41. The molecule has 0 aliphatic rings. The number of aryl methyl sites for hydroxylation is 1. The van der Waals surface area contributed by atoms with Crippen LogP contribution < -0.4 is 5.73 Å². The molecule has 2 heterocycles. The SMILES string of the molecule is CCCSCc1noc(C(N)c2cnn(C)c2)n1. The standard InChI is InChI=1S/C11H17N5OS/c1-3-4-18-7-9-14-11(17-15-9)10(12)8-5-13-16(2)6-8/h5-6,10H,3-4,7,12H2,1-2H3. The molecule has 2 aromatic rings. The fourth-order valence-electron chi connectivity index (χ4n) is 1.50. The fourth-order valence-corrected chi connectivity index (χ4v) is 2.24. The molecule has 98 valence electrons. The van der Waals surface area contributed by atoms with E-state index in [1.807, 2.05) is 13.2 Å². The molecule has 0 spiro atoms. The fraction of sp³-hybridized carbons (Fsp3) is 0.545. The predicted octanol–water partition coefficient (Wildman–Crippen LogP) is 1.49. The molecule has 2 N–H and O–H groups in total. The molecule has 18 heavy (non-hydrogen) atoms.